The van der Waals surface area contributed by atoms with Gasteiger partial charge in [-0.25, -0.2) is 9.78 Å². The number of benzene rings is 1. The van der Waals surface area contributed by atoms with Gasteiger partial charge in [0.1, 0.15) is 0 Å². The second kappa shape index (κ2) is 10.9. The van der Waals surface area contributed by atoms with Crippen molar-refractivity contribution in [1.82, 2.24) is 9.97 Å². The Labute approximate surface area is 227 Å². The highest BCUT2D eigenvalue weighted by atomic mass is 19.4. The van der Waals surface area contributed by atoms with Crippen molar-refractivity contribution in [3.63, 3.8) is 0 Å². The van der Waals surface area contributed by atoms with Gasteiger partial charge in [0.15, 0.2) is 5.82 Å². The first kappa shape index (κ1) is 27.0. The number of hydrogen-bond acceptors (Lipinski definition) is 4. The van der Waals surface area contributed by atoms with Crippen molar-refractivity contribution in [2.75, 3.05) is 28.2 Å². The topological polar surface area (TPSA) is 61.4 Å². The summed E-state index contributed by atoms with van der Waals surface area (Å²) in [5.74, 6) is 1.11. The number of carbonyl (C=O) groups excluding carboxylic acids is 1. The van der Waals surface area contributed by atoms with Gasteiger partial charge in [-0.2, -0.15) is 13.2 Å². The largest absolute Gasteiger partial charge is 0.416 e. The summed E-state index contributed by atoms with van der Waals surface area (Å²) >= 11 is 0. The summed E-state index contributed by atoms with van der Waals surface area (Å²) in [6, 6.07) is 10.5. The number of carbonyl (C=O) groups is 1. The molecular formula is C30H34F3N5O. The molecule has 2 amide bonds. The zero-order valence-electron chi connectivity index (χ0n) is 22.6. The molecule has 1 saturated heterocycles. The van der Waals surface area contributed by atoms with Gasteiger partial charge in [0, 0.05) is 24.3 Å². The lowest BCUT2D eigenvalue weighted by Crippen LogP contribution is -2.56. The average Bonchev–Trinajstić information content (AvgIpc) is 2.92. The van der Waals surface area contributed by atoms with Crippen LogP contribution in [0.15, 0.2) is 48.7 Å². The molecule has 9 heteroatoms. The zero-order chi connectivity index (χ0) is 27.7. The number of halogens is 3. The van der Waals surface area contributed by atoms with Gasteiger partial charge in [-0.05, 0) is 74.4 Å². The molecule has 206 valence electrons. The minimum absolute atomic E-state index is 0.0846. The molecule has 0 saturated carbocycles. The monoisotopic (exact) mass is 537 g/mol. The number of aryl methyl sites for hydroxylation is 2. The van der Waals surface area contributed by atoms with E-state index < -0.39 is 11.7 Å². The predicted molar refractivity (Wildman–Crippen MR) is 148 cm³/mol. The maximum atomic E-state index is 13.7. The van der Waals surface area contributed by atoms with Gasteiger partial charge in [0.25, 0.3) is 0 Å². The Balaban J connectivity index is 1.45. The first-order chi connectivity index (χ1) is 18.6. The molecule has 5 rings (SSSR count). The van der Waals surface area contributed by atoms with E-state index in [0.29, 0.717) is 35.2 Å². The third-order valence-corrected chi connectivity index (χ3v) is 7.85. The van der Waals surface area contributed by atoms with E-state index >= 15 is 0 Å². The lowest BCUT2D eigenvalue weighted by atomic mass is 9.97. The molecule has 4 heterocycles. The SMILES string of the molecule is CC[C@H](C)CCc1ccc(NC(=O)N2c3nc(-c4cccc(C(F)(F)F)c4)c(C)cc3N3CCC[C@H]2C3)cn1. The standard InChI is InChI=1S/C30H34F3N5O/c1-4-19(2)10-11-23-12-13-24(17-34-23)35-29(39)38-25-9-6-14-37(18-25)26-15-20(3)27(36-28(26)38)21-7-5-8-22(16-21)30(31,32)33/h5,7-8,12-13,15-17,19,25H,4,6,9-11,14,18H2,1-3H3,(H,35,39)/t19-,25-/m0/s1. The summed E-state index contributed by atoms with van der Waals surface area (Å²) in [5.41, 5.74) is 3.25. The number of anilines is 3. The fourth-order valence-corrected chi connectivity index (χ4v) is 5.38. The second-order valence-electron chi connectivity index (χ2n) is 10.7. The molecule has 2 aromatic heterocycles. The van der Waals surface area contributed by atoms with Crippen LogP contribution < -0.4 is 15.1 Å². The molecule has 6 nitrogen and oxygen atoms in total. The van der Waals surface area contributed by atoms with Crippen LogP contribution in [0, 0.1) is 12.8 Å². The van der Waals surface area contributed by atoms with Crippen LogP contribution in [-0.2, 0) is 12.6 Å². The summed E-state index contributed by atoms with van der Waals surface area (Å²) in [5, 5.41) is 2.98. The number of alkyl halides is 3. The summed E-state index contributed by atoms with van der Waals surface area (Å²) in [6.07, 6.45) is 2.08. The highest BCUT2D eigenvalue weighted by Crippen LogP contribution is 2.41. The van der Waals surface area contributed by atoms with Crippen LogP contribution in [0.4, 0.5) is 35.2 Å². The van der Waals surface area contributed by atoms with E-state index in [2.05, 4.69) is 29.0 Å². The van der Waals surface area contributed by atoms with Crippen LogP contribution in [-0.4, -0.2) is 35.1 Å². The Bertz CT molecular complexity index is 1340. The van der Waals surface area contributed by atoms with Crippen molar-refractivity contribution in [1.29, 1.82) is 0 Å². The summed E-state index contributed by atoms with van der Waals surface area (Å²) in [7, 11) is 0. The number of rotatable bonds is 6. The number of nitrogens with one attached hydrogen (secondary N) is 1. The number of piperidine rings is 1. The van der Waals surface area contributed by atoms with Crippen LogP contribution in [0.2, 0.25) is 0 Å². The molecule has 0 spiro atoms. The van der Waals surface area contributed by atoms with E-state index in [1.807, 2.05) is 25.1 Å². The Kier molecular flexibility index (Phi) is 7.51. The first-order valence-electron chi connectivity index (χ1n) is 13.6. The molecular weight excluding hydrogens is 503 g/mol. The third-order valence-electron chi connectivity index (χ3n) is 7.85. The van der Waals surface area contributed by atoms with Gasteiger partial charge >= 0.3 is 12.2 Å². The van der Waals surface area contributed by atoms with E-state index in [0.717, 1.165) is 67.7 Å². The normalized spacial score (nSPS) is 17.5. The lowest BCUT2D eigenvalue weighted by molar-refractivity contribution is -0.137. The van der Waals surface area contributed by atoms with Crippen molar-refractivity contribution in [2.24, 2.45) is 5.92 Å². The van der Waals surface area contributed by atoms with Gasteiger partial charge in [0.2, 0.25) is 0 Å². The Morgan fingerprint density at radius 1 is 1.21 bits per heavy atom. The second-order valence-corrected chi connectivity index (χ2v) is 10.7. The molecule has 1 N–H and O–H groups in total. The Hall–Kier alpha value is -3.62. The molecule has 1 fully saturated rings. The van der Waals surface area contributed by atoms with E-state index in [9.17, 15) is 18.0 Å². The number of aromatic nitrogens is 2. The number of hydrogen-bond donors (Lipinski definition) is 1. The molecule has 0 aliphatic carbocycles. The molecule has 39 heavy (non-hydrogen) atoms. The fraction of sp³-hybridized carbons (Fsp3) is 0.433. The maximum absolute atomic E-state index is 13.7. The minimum Gasteiger partial charge on any atom is -0.366 e. The van der Waals surface area contributed by atoms with Crippen LogP contribution >= 0.6 is 0 Å². The summed E-state index contributed by atoms with van der Waals surface area (Å²) in [4.78, 5) is 26.9. The number of nitrogens with zero attached hydrogens (tertiary/aromatic N) is 4. The Morgan fingerprint density at radius 3 is 2.74 bits per heavy atom. The molecule has 2 aliphatic rings. The van der Waals surface area contributed by atoms with Gasteiger partial charge in [-0.15, -0.1) is 0 Å². The molecule has 2 atom stereocenters. The molecule has 3 aromatic rings. The highest BCUT2D eigenvalue weighted by Gasteiger charge is 2.39. The number of amides is 2. The number of urea groups is 1. The van der Waals surface area contributed by atoms with Crippen molar-refractivity contribution >= 4 is 23.2 Å². The average molecular weight is 538 g/mol. The fourth-order valence-electron chi connectivity index (χ4n) is 5.38. The minimum atomic E-state index is -4.45. The van der Waals surface area contributed by atoms with Gasteiger partial charge in [0.05, 0.1) is 34.9 Å². The van der Waals surface area contributed by atoms with E-state index in [1.54, 1.807) is 17.2 Å². The molecule has 0 radical (unpaired) electrons. The number of fused-ring (bicyclic) bond motifs is 4. The maximum Gasteiger partial charge on any atom is 0.416 e. The quantitative estimate of drug-likeness (QED) is 0.354. The molecule has 2 bridgehead atoms. The van der Waals surface area contributed by atoms with Crippen molar-refractivity contribution in [3.05, 3.63) is 65.5 Å². The van der Waals surface area contributed by atoms with Crippen LogP contribution in [0.25, 0.3) is 11.3 Å². The third kappa shape index (κ3) is 5.72. The smallest absolute Gasteiger partial charge is 0.366 e. The van der Waals surface area contributed by atoms with Crippen molar-refractivity contribution in [3.8, 4) is 11.3 Å². The van der Waals surface area contributed by atoms with Crippen molar-refractivity contribution < 1.29 is 18.0 Å². The number of pyridine rings is 2. The predicted octanol–water partition coefficient (Wildman–Crippen LogP) is 7.47. The molecule has 2 aliphatic heterocycles. The van der Waals surface area contributed by atoms with Gasteiger partial charge in [-0.3, -0.25) is 9.88 Å². The van der Waals surface area contributed by atoms with Gasteiger partial charge in [-0.1, -0.05) is 32.4 Å². The molecule has 0 unspecified atom stereocenters. The van der Waals surface area contributed by atoms with Crippen LogP contribution in [0.5, 0.6) is 0 Å². The van der Waals surface area contributed by atoms with E-state index in [1.165, 1.54) is 6.07 Å². The van der Waals surface area contributed by atoms with E-state index in [4.69, 9.17) is 4.98 Å². The lowest BCUT2D eigenvalue weighted by Gasteiger charge is -2.46. The van der Waals surface area contributed by atoms with Gasteiger partial charge < -0.3 is 10.2 Å². The van der Waals surface area contributed by atoms with Crippen LogP contribution in [0.3, 0.4) is 0 Å². The van der Waals surface area contributed by atoms with Crippen LogP contribution in [0.1, 0.15) is 56.4 Å². The summed E-state index contributed by atoms with van der Waals surface area (Å²) in [6.45, 7) is 7.80. The van der Waals surface area contributed by atoms with Crippen molar-refractivity contribution in [2.45, 2.75) is 65.1 Å². The van der Waals surface area contributed by atoms with E-state index in [-0.39, 0.29) is 12.1 Å². The highest BCUT2D eigenvalue weighted by molar-refractivity contribution is 6.04. The Morgan fingerprint density at radius 2 is 2.03 bits per heavy atom. The zero-order valence-corrected chi connectivity index (χ0v) is 22.6. The molecule has 1 aromatic carbocycles. The first-order valence-corrected chi connectivity index (χ1v) is 13.6. The summed E-state index contributed by atoms with van der Waals surface area (Å²) < 4.78 is 40.2.